The zero-order valence-electron chi connectivity index (χ0n) is 7.95. The molecule has 0 amide bonds. The van der Waals surface area contributed by atoms with E-state index in [1.54, 1.807) is 0 Å². The van der Waals surface area contributed by atoms with Gasteiger partial charge >= 0.3 is 0 Å². The second-order valence-electron chi connectivity index (χ2n) is 3.29. The third-order valence-corrected chi connectivity index (χ3v) is 2.11. The van der Waals surface area contributed by atoms with Crippen molar-refractivity contribution in [3.63, 3.8) is 0 Å². The number of aryl methyl sites for hydroxylation is 1. The second kappa shape index (κ2) is 3.50. The number of nitrogens with one attached hydrogen (secondary N) is 1. The molecular weight excluding hydrogens is 174 g/mol. The van der Waals surface area contributed by atoms with Gasteiger partial charge in [-0.05, 0) is 18.6 Å². The summed E-state index contributed by atoms with van der Waals surface area (Å²) in [7, 11) is 0. The van der Waals surface area contributed by atoms with E-state index < -0.39 is 0 Å². The van der Waals surface area contributed by atoms with Crippen LogP contribution in [0.1, 0.15) is 21.6 Å². The maximum absolute atomic E-state index is 11.8. The molecule has 0 fully saturated rings. The van der Waals surface area contributed by atoms with Crippen LogP contribution in [0.3, 0.4) is 0 Å². The van der Waals surface area contributed by atoms with Crippen LogP contribution in [0.5, 0.6) is 0 Å². The molecular formula is C12H11NO. The number of benzene rings is 1. The summed E-state index contributed by atoms with van der Waals surface area (Å²) in [5.41, 5.74) is 2.44. The predicted octanol–water partition coefficient (Wildman–Crippen LogP) is 2.55. The molecule has 14 heavy (non-hydrogen) atoms. The largest absolute Gasteiger partial charge is 0.358 e. The molecule has 2 nitrogen and oxygen atoms in total. The Balaban J connectivity index is 2.34. The Hall–Kier alpha value is -1.83. The number of carbonyl (C=O) groups is 1. The Morgan fingerprint density at radius 2 is 1.93 bits per heavy atom. The van der Waals surface area contributed by atoms with Crippen molar-refractivity contribution in [2.24, 2.45) is 0 Å². The molecule has 1 N–H and O–H groups in total. The van der Waals surface area contributed by atoms with Gasteiger partial charge in [0.1, 0.15) is 0 Å². The molecule has 0 aliphatic heterocycles. The van der Waals surface area contributed by atoms with E-state index in [1.165, 1.54) is 0 Å². The van der Waals surface area contributed by atoms with E-state index in [0.29, 0.717) is 11.3 Å². The van der Waals surface area contributed by atoms with Crippen molar-refractivity contribution in [2.75, 3.05) is 0 Å². The number of hydrogen-bond donors (Lipinski definition) is 1. The molecule has 1 aromatic carbocycles. The lowest BCUT2D eigenvalue weighted by Gasteiger charge is -1.96. The van der Waals surface area contributed by atoms with Gasteiger partial charge in [-0.1, -0.05) is 30.3 Å². The zero-order valence-corrected chi connectivity index (χ0v) is 7.95. The van der Waals surface area contributed by atoms with E-state index in [4.69, 9.17) is 0 Å². The standard InChI is InChI=1S/C12H11NO/c1-9-7-11(13-8-9)12(14)10-5-3-2-4-6-10/h2-8,13H,1H3. The van der Waals surface area contributed by atoms with Crippen LogP contribution >= 0.6 is 0 Å². The van der Waals surface area contributed by atoms with Crippen LogP contribution in [0.2, 0.25) is 0 Å². The van der Waals surface area contributed by atoms with E-state index >= 15 is 0 Å². The maximum Gasteiger partial charge on any atom is 0.209 e. The van der Waals surface area contributed by atoms with Crippen molar-refractivity contribution in [1.82, 2.24) is 4.98 Å². The number of rotatable bonds is 2. The maximum atomic E-state index is 11.8. The highest BCUT2D eigenvalue weighted by Crippen LogP contribution is 2.09. The fourth-order valence-electron chi connectivity index (χ4n) is 1.38. The summed E-state index contributed by atoms with van der Waals surface area (Å²) >= 11 is 0. The molecule has 2 heteroatoms. The lowest BCUT2D eigenvalue weighted by molar-refractivity contribution is 0.103. The fraction of sp³-hybridized carbons (Fsp3) is 0.0833. The van der Waals surface area contributed by atoms with Gasteiger partial charge in [0.05, 0.1) is 5.69 Å². The number of aromatic amines is 1. The van der Waals surface area contributed by atoms with Crippen molar-refractivity contribution < 1.29 is 4.79 Å². The van der Waals surface area contributed by atoms with Crippen molar-refractivity contribution in [2.45, 2.75) is 6.92 Å². The second-order valence-corrected chi connectivity index (χ2v) is 3.29. The third kappa shape index (κ3) is 1.59. The summed E-state index contributed by atoms with van der Waals surface area (Å²) in [6.45, 7) is 1.96. The summed E-state index contributed by atoms with van der Waals surface area (Å²) in [4.78, 5) is 14.8. The Labute approximate surface area is 82.6 Å². The van der Waals surface area contributed by atoms with Gasteiger partial charge in [0.2, 0.25) is 5.78 Å². The van der Waals surface area contributed by atoms with Gasteiger partial charge < -0.3 is 4.98 Å². The monoisotopic (exact) mass is 185 g/mol. The van der Waals surface area contributed by atoms with Crippen molar-refractivity contribution in [1.29, 1.82) is 0 Å². The van der Waals surface area contributed by atoms with Crippen LogP contribution in [-0.4, -0.2) is 10.8 Å². The molecule has 0 aliphatic carbocycles. The first kappa shape index (κ1) is 8.75. The summed E-state index contributed by atoms with van der Waals surface area (Å²) in [5, 5.41) is 0. The van der Waals surface area contributed by atoms with E-state index in [2.05, 4.69) is 4.98 Å². The first-order valence-corrected chi connectivity index (χ1v) is 4.52. The average molecular weight is 185 g/mol. The quantitative estimate of drug-likeness (QED) is 0.716. The molecule has 0 aliphatic rings. The number of hydrogen-bond acceptors (Lipinski definition) is 1. The molecule has 0 saturated heterocycles. The van der Waals surface area contributed by atoms with Gasteiger partial charge in [0, 0.05) is 11.8 Å². The number of carbonyl (C=O) groups excluding carboxylic acids is 1. The Morgan fingerprint density at radius 3 is 2.50 bits per heavy atom. The van der Waals surface area contributed by atoms with E-state index in [0.717, 1.165) is 5.56 Å². The van der Waals surface area contributed by atoms with Gasteiger partial charge in [0.25, 0.3) is 0 Å². The fourth-order valence-corrected chi connectivity index (χ4v) is 1.38. The van der Waals surface area contributed by atoms with Crippen LogP contribution in [0.15, 0.2) is 42.6 Å². The minimum atomic E-state index is 0.0405. The SMILES string of the molecule is Cc1c[nH]c(C(=O)c2ccccc2)c1. The zero-order chi connectivity index (χ0) is 9.97. The van der Waals surface area contributed by atoms with Gasteiger partial charge in [-0.15, -0.1) is 0 Å². The van der Waals surface area contributed by atoms with Gasteiger partial charge in [-0.2, -0.15) is 0 Å². The number of ketones is 1. The first-order valence-electron chi connectivity index (χ1n) is 4.52. The van der Waals surface area contributed by atoms with Gasteiger partial charge in [-0.3, -0.25) is 4.79 Å². The molecule has 1 aromatic heterocycles. The summed E-state index contributed by atoms with van der Waals surface area (Å²) < 4.78 is 0. The molecule has 0 radical (unpaired) electrons. The van der Waals surface area contributed by atoms with Crippen LogP contribution in [0.25, 0.3) is 0 Å². The summed E-state index contributed by atoms with van der Waals surface area (Å²) in [5.74, 6) is 0.0405. The molecule has 70 valence electrons. The molecule has 1 heterocycles. The number of H-pyrrole nitrogens is 1. The lowest BCUT2D eigenvalue weighted by atomic mass is 10.1. The van der Waals surface area contributed by atoms with Gasteiger partial charge in [0.15, 0.2) is 0 Å². The molecule has 0 unspecified atom stereocenters. The molecule has 2 rings (SSSR count). The first-order chi connectivity index (χ1) is 6.77. The van der Waals surface area contributed by atoms with E-state index in [-0.39, 0.29) is 5.78 Å². The highest BCUT2D eigenvalue weighted by molar-refractivity contribution is 6.07. The minimum absolute atomic E-state index is 0.0405. The van der Waals surface area contributed by atoms with Crippen LogP contribution in [-0.2, 0) is 0 Å². The Bertz CT molecular complexity index is 442. The van der Waals surface area contributed by atoms with Crippen molar-refractivity contribution in [3.05, 3.63) is 59.4 Å². The Morgan fingerprint density at radius 1 is 1.21 bits per heavy atom. The van der Waals surface area contributed by atoms with Gasteiger partial charge in [-0.25, -0.2) is 0 Å². The van der Waals surface area contributed by atoms with Crippen LogP contribution in [0, 0.1) is 6.92 Å². The molecule has 0 saturated carbocycles. The van der Waals surface area contributed by atoms with Crippen molar-refractivity contribution >= 4 is 5.78 Å². The highest BCUT2D eigenvalue weighted by Gasteiger charge is 2.08. The molecule has 0 atom stereocenters. The topological polar surface area (TPSA) is 32.9 Å². The minimum Gasteiger partial charge on any atom is -0.358 e. The average Bonchev–Trinajstić information content (AvgIpc) is 2.65. The summed E-state index contributed by atoms with van der Waals surface area (Å²) in [6.07, 6.45) is 1.83. The lowest BCUT2D eigenvalue weighted by Crippen LogP contribution is -2.00. The molecule has 0 spiro atoms. The molecule has 2 aromatic rings. The molecule has 0 bridgehead atoms. The van der Waals surface area contributed by atoms with Crippen LogP contribution in [0.4, 0.5) is 0 Å². The van der Waals surface area contributed by atoms with Crippen LogP contribution < -0.4 is 0 Å². The third-order valence-electron chi connectivity index (χ3n) is 2.11. The smallest absolute Gasteiger partial charge is 0.209 e. The predicted molar refractivity (Wildman–Crippen MR) is 55.4 cm³/mol. The van der Waals surface area contributed by atoms with E-state index in [9.17, 15) is 4.79 Å². The normalized spacial score (nSPS) is 10.1. The summed E-state index contributed by atoms with van der Waals surface area (Å²) in [6, 6.07) is 11.1. The number of aromatic nitrogens is 1. The highest BCUT2D eigenvalue weighted by atomic mass is 16.1. The van der Waals surface area contributed by atoms with E-state index in [1.807, 2.05) is 49.5 Å². The van der Waals surface area contributed by atoms with Crippen molar-refractivity contribution in [3.8, 4) is 0 Å². The Kier molecular flexibility index (Phi) is 2.19.